The minimum atomic E-state index is -1.10. The summed E-state index contributed by atoms with van der Waals surface area (Å²) in [5.74, 6) is 2.10. The van der Waals surface area contributed by atoms with Gasteiger partial charge < -0.3 is 19.9 Å². The predicted molar refractivity (Wildman–Crippen MR) is 86.2 cm³/mol. The maximum atomic E-state index is 11.7. The maximum Gasteiger partial charge on any atom is 0.278 e. The molecule has 2 aromatic rings. The Bertz CT molecular complexity index is 731. The van der Waals surface area contributed by atoms with Crippen molar-refractivity contribution in [2.75, 3.05) is 11.5 Å². The van der Waals surface area contributed by atoms with E-state index in [1.165, 1.54) is 17.2 Å². The Balaban J connectivity index is 1.80. The SMILES string of the molecule is CC(C)CSC[C@H]1O[C@@H](n2cnc3c(=O)[nH]cnc32)[C@H](O)[C@@H]1O. The second-order valence-electron chi connectivity index (χ2n) is 6.03. The van der Waals surface area contributed by atoms with Gasteiger partial charge in [-0.15, -0.1) is 0 Å². The molecule has 2 aromatic heterocycles. The Hall–Kier alpha value is -1.42. The third-order valence-corrected chi connectivity index (χ3v) is 5.18. The number of nitrogens with one attached hydrogen (secondary N) is 1. The molecule has 0 radical (unpaired) electrons. The Morgan fingerprint density at radius 3 is 2.91 bits per heavy atom. The van der Waals surface area contributed by atoms with Gasteiger partial charge in [0, 0.05) is 5.75 Å². The first-order valence-electron chi connectivity index (χ1n) is 7.48. The second-order valence-corrected chi connectivity index (χ2v) is 7.11. The average molecular weight is 340 g/mol. The first-order chi connectivity index (χ1) is 11.0. The number of H-pyrrole nitrogens is 1. The zero-order valence-electron chi connectivity index (χ0n) is 12.9. The summed E-state index contributed by atoms with van der Waals surface area (Å²) in [4.78, 5) is 22.2. The number of hydrogen-bond donors (Lipinski definition) is 3. The number of hydrogen-bond acceptors (Lipinski definition) is 7. The van der Waals surface area contributed by atoms with Crippen LogP contribution >= 0.6 is 11.8 Å². The number of imidazole rings is 1. The average Bonchev–Trinajstić information content (AvgIpc) is 3.04. The van der Waals surface area contributed by atoms with Gasteiger partial charge in [-0.05, 0) is 11.7 Å². The van der Waals surface area contributed by atoms with Gasteiger partial charge >= 0.3 is 0 Å². The van der Waals surface area contributed by atoms with Crippen molar-refractivity contribution in [2.24, 2.45) is 5.92 Å². The monoisotopic (exact) mass is 340 g/mol. The summed E-state index contributed by atoms with van der Waals surface area (Å²) >= 11 is 1.68. The van der Waals surface area contributed by atoms with E-state index in [1.54, 1.807) is 11.8 Å². The number of aromatic nitrogens is 4. The Labute approximate surface area is 136 Å². The van der Waals surface area contributed by atoms with Crippen LogP contribution in [0.25, 0.3) is 11.2 Å². The Kier molecular flexibility index (Phi) is 4.72. The van der Waals surface area contributed by atoms with Crippen LogP contribution in [0.4, 0.5) is 0 Å². The van der Waals surface area contributed by atoms with Gasteiger partial charge in [0.1, 0.15) is 12.2 Å². The standard InChI is InChI=1S/C14H20N4O4S/c1-7(2)3-23-4-8-10(19)11(20)14(22-8)18-6-17-9-12(18)15-5-16-13(9)21/h5-8,10-11,14,19-20H,3-4H2,1-2H3,(H,15,16,21)/t8-,10-,11-,14-/m1/s1. The van der Waals surface area contributed by atoms with Crippen LogP contribution in [0.3, 0.4) is 0 Å². The van der Waals surface area contributed by atoms with Crippen molar-refractivity contribution in [3.8, 4) is 0 Å². The van der Waals surface area contributed by atoms with E-state index in [-0.39, 0.29) is 11.1 Å². The van der Waals surface area contributed by atoms with Crippen LogP contribution in [0, 0.1) is 5.92 Å². The van der Waals surface area contributed by atoms with Gasteiger partial charge in [-0.1, -0.05) is 13.8 Å². The topological polar surface area (TPSA) is 113 Å². The number of aliphatic hydroxyl groups is 2. The molecule has 4 atom stereocenters. The smallest absolute Gasteiger partial charge is 0.278 e. The minimum absolute atomic E-state index is 0.176. The van der Waals surface area contributed by atoms with E-state index in [1.807, 2.05) is 0 Å². The summed E-state index contributed by atoms with van der Waals surface area (Å²) in [6, 6.07) is 0. The number of rotatable bonds is 5. The molecule has 0 aromatic carbocycles. The fourth-order valence-corrected chi connectivity index (χ4v) is 3.68. The van der Waals surface area contributed by atoms with Gasteiger partial charge in [0.2, 0.25) is 0 Å². The van der Waals surface area contributed by atoms with Crippen molar-refractivity contribution in [1.29, 1.82) is 0 Å². The molecule has 0 amide bonds. The van der Waals surface area contributed by atoms with Gasteiger partial charge in [-0.25, -0.2) is 9.97 Å². The van der Waals surface area contributed by atoms with E-state index in [0.717, 1.165) is 5.75 Å². The van der Waals surface area contributed by atoms with Gasteiger partial charge in [-0.3, -0.25) is 9.36 Å². The molecular formula is C14H20N4O4S. The lowest BCUT2D eigenvalue weighted by atomic mass is 10.1. The molecule has 0 saturated carbocycles. The summed E-state index contributed by atoms with van der Waals surface area (Å²) in [5.41, 5.74) is 0.140. The van der Waals surface area contributed by atoms with Crippen molar-refractivity contribution >= 4 is 22.9 Å². The quantitative estimate of drug-likeness (QED) is 0.709. The van der Waals surface area contributed by atoms with Gasteiger partial charge in [0.15, 0.2) is 17.4 Å². The molecule has 0 spiro atoms. The molecule has 126 valence electrons. The number of aliphatic hydroxyl groups excluding tert-OH is 2. The van der Waals surface area contributed by atoms with Crippen LogP contribution in [-0.4, -0.2) is 59.5 Å². The normalized spacial score (nSPS) is 28.0. The zero-order chi connectivity index (χ0) is 16.6. The van der Waals surface area contributed by atoms with Crippen LogP contribution in [-0.2, 0) is 4.74 Å². The van der Waals surface area contributed by atoms with E-state index < -0.39 is 24.5 Å². The fraction of sp³-hybridized carbons (Fsp3) is 0.643. The first-order valence-corrected chi connectivity index (χ1v) is 8.64. The molecule has 1 aliphatic rings. The largest absolute Gasteiger partial charge is 0.387 e. The lowest BCUT2D eigenvalue weighted by Crippen LogP contribution is -2.32. The number of thioether (sulfide) groups is 1. The van der Waals surface area contributed by atoms with Crippen LogP contribution in [0.2, 0.25) is 0 Å². The molecule has 3 heterocycles. The second kappa shape index (κ2) is 6.60. The molecule has 9 heteroatoms. The summed E-state index contributed by atoms with van der Waals surface area (Å²) in [5, 5.41) is 20.5. The summed E-state index contributed by atoms with van der Waals surface area (Å²) < 4.78 is 7.30. The van der Waals surface area contributed by atoms with Crippen molar-refractivity contribution in [3.63, 3.8) is 0 Å². The molecule has 1 saturated heterocycles. The van der Waals surface area contributed by atoms with Crippen molar-refractivity contribution in [3.05, 3.63) is 23.0 Å². The van der Waals surface area contributed by atoms with Crippen molar-refractivity contribution in [2.45, 2.75) is 38.4 Å². The Morgan fingerprint density at radius 1 is 1.39 bits per heavy atom. The molecule has 0 aliphatic carbocycles. The molecule has 1 aliphatic heterocycles. The third kappa shape index (κ3) is 3.14. The van der Waals surface area contributed by atoms with E-state index in [0.29, 0.717) is 17.3 Å². The van der Waals surface area contributed by atoms with Gasteiger partial charge in [0.25, 0.3) is 5.56 Å². The molecule has 0 unspecified atom stereocenters. The van der Waals surface area contributed by atoms with E-state index in [9.17, 15) is 15.0 Å². The van der Waals surface area contributed by atoms with E-state index >= 15 is 0 Å². The zero-order valence-corrected chi connectivity index (χ0v) is 13.7. The predicted octanol–water partition coefficient (Wildman–Crippen LogP) is 0.128. The summed E-state index contributed by atoms with van der Waals surface area (Å²) in [6.45, 7) is 4.24. The fourth-order valence-electron chi connectivity index (χ4n) is 2.57. The lowest BCUT2D eigenvalue weighted by molar-refractivity contribution is -0.0289. The number of ether oxygens (including phenoxy) is 1. The minimum Gasteiger partial charge on any atom is -0.387 e. The van der Waals surface area contributed by atoms with Crippen molar-refractivity contribution in [1.82, 2.24) is 19.5 Å². The highest BCUT2D eigenvalue weighted by atomic mass is 32.2. The maximum absolute atomic E-state index is 11.7. The lowest BCUT2D eigenvalue weighted by Gasteiger charge is -2.16. The van der Waals surface area contributed by atoms with Crippen LogP contribution in [0.1, 0.15) is 20.1 Å². The molecule has 1 fully saturated rings. The highest BCUT2D eigenvalue weighted by molar-refractivity contribution is 7.99. The first kappa shape index (κ1) is 16.4. The van der Waals surface area contributed by atoms with E-state index in [4.69, 9.17) is 4.74 Å². The Morgan fingerprint density at radius 2 is 2.17 bits per heavy atom. The molecular weight excluding hydrogens is 320 g/mol. The summed E-state index contributed by atoms with van der Waals surface area (Å²) in [6.07, 6.45) is -0.697. The highest BCUT2D eigenvalue weighted by Crippen LogP contribution is 2.32. The summed E-state index contributed by atoms with van der Waals surface area (Å²) in [7, 11) is 0. The molecule has 8 nitrogen and oxygen atoms in total. The van der Waals surface area contributed by atoms with Gasteiger partial charge in [0.05, 0.1) is 18.8 Å². The van der Waals surface area contributed by atoms with Gasteiger partial charge in [-0.2, -0.15) is 11.8 Å². The van der Waals surface area contributed by atoms with Crippen LogP contribution in [0.15, 0.2) is 17.4 Å². The third-order valence-electron chi connectivity index (χ3n) is 3.71. The molecule has 23 heavy (non-hydrogen) atoms. The van der Waals surface area contributed by atoms with Crippen LogP contribution in [0.5, 0.6) is 0 Å². The number of nitrogens with zero attached hydrogens (tertiary/aromatic N) is 3. The highest BCUT2D eigenvalue weighted by Gasteiger charge is 2.44. The van der Waals surface area contributed by atoms with Crippen LogP contribution < -0.4 is 5.56 Å². The number of fused-ring (bicyclic) bond motifs is 1. The number of aromatic amines is 1. The molecule has 3 N–H and O–H groups in total. The molecule has 0 bridgehead atoms. The van der Waals surface area contributed by atoms with E-state index in [2.05, 4.69) is 28.8 Å². The van der Waals surface area contributed by atoms with Crippen molar-refractivity contribution < 1.29 is 14.9 Å². The molecule has 3 rings (SSSR count).